The molecular weight excluding hydrogens is 389 g/mol. The van der Waals surface area contributed by atoms with Gasteiger partial charge in [0.1, 0.15) is 5.82 Å². The highest BCUT2D eigenvalue weighted by molar-refractivity contribution is 9.10. The summed E-state index contributed by atoms with van der Waals surface area (Å²) in [6.07, 6.45) is 2.18. The number of aliphatic hydroxyl groups excluding tert-OH is 1. The Morgan fingerprint density at radius 2 is 2.28 bits per heavy atom. The summed E-state index contributed by atoms with van der Waals surface area (Å²) in [6, 6.07) is 4.96. The number of aliphatic hydroxyl groups is 1. The van der Waals surface area contributed by atoms with Gasteiger partial charge in [-0.3, -0.25) is 4.99 Å². The number of rotatable bonds is 8. The predicted octanol–water partition coefficient (Wildman–Crippen LogP) is 2.47. The van der Waals surface area contributed by atoms with Gasteiger partial charge in [0.2, 0.25) is 0 Å². The summed E-state index contributed by atoms with van der Waals surface area (Å²) in [5, 5.41) is 15.8. The zero-order valence-corrected chi connectivity index (χ0v) is 16.2. The van der Waals surface area contributed by atoms with E-state index in [0.29, 0.717) is 44.1 Å². The molecule has 1 aromatic carbocycles. The summed E-state index contributed by atoms with van der Waals surface area (Å²) in [7, 11) is 0. The van der Waals surface area contributed by atoms with Gasteiger partial charge in [0.15, 0.2) is 5.96 Å². The van der Waals surface area contributed by atoms with E-state index in [1.165, 1.54) is 6.07 Å². The predicted molar refractivity (Wildman–Crippen MR) is 101 cm³/mol. The fraction of sp³-hybridized carbons (Fsp3) is 0.611. The third kappa shape index (κ3) is 6.24. The van der Waals surface area contributed by atoms with Crippen molar-refractivity contribution in [2.24, 2.45) is 10.4 Å². The van der Waals surface area contributed by atoms with Crippen LogP contribution in [0.2, 0.25) is 0 Å². The maximum atomic E-state index is 13.8. The van der Waals surface area contributed by atoms with E-state index in [4.69, 9.17) is 4.74 Å². The molecule has 0 amide bonds. The van der Waals surface area contributed by atoms with E-state index >= 15 is 0 Å². The van der Waals surface area contributed by atoms with Gasteiger partial charge in [0, 0.05) is 36.2 Å². The quantitative estimate of drug-likeness (QED) is 0.450. The van der Waals surface area contributed by atoms with Crippen LogP contribution in [-0.2, 0) is 11.2 Å². The molecule has 140 valence electrons. The average molecular weight is 416 g/mol. The number of ether oxygens (including phenoxy) is 1. The Kier molecular flexibility index (Phi) is 8.12. The van der Waals surface area contributed by atoms with Crippen molar-refractivity contribution in [1.29, 1.82) is 0 Å². The minimum atomic E-state index is -0.197. The summed E-state index contributed by atoms with van der Waals surface area (Å²) in [5.74, 6) is 0.513. The molecule has 2 rings (SSSR count). The molecule has 1 saturated heterocycles. The van der Waals surface area contributed by atoms with E-state index in [2.05, 4.69) is 31.6 Å². The Morgan fingerprint density at radius 1 is 1.44 bits per heavy atom. The van der Waals surface area contributed by atoms with Crippen LogP contribution in [0.25, 0.3) is 0 Å². The van der Waals surface area contributed by atoms with Crippen molar-refractivity contribution in [1.82, 2.24) is 10.6 Å². The fourth-order valence-corrected chi connectivity index (χ4v) is 3.34. The minimum absolute atomic E-state index is 0.0759. The van der Waals surface area contributed by atoms with Crippen LogP contribution >= 0.6 is 15.9 Å². The highest BCUT2D eigenvalue weighted by atomic mass is 79.9. The van der Waals surface area contributed by atoms with Crippen molar-refractivity contribution >= 4 is 21.9 Å². The SMILES string of the molecule is CCNC(=NCC1(CCO)CCOC1)NCCc1cc(Br)ccc1F. The molecule has 1 fully saturated rings. The normalized spacial score (nSPS) is 20.7. The Bertz CT molecular complexity index is 577. The first-order chi connectivity index (χ1) is 12.1. The van der Waals surface area contributed by atoms with E-state index < -0.39 is 0 Å². The summed E-state index contributed by atoms with van der Waals surface area (Å²) in [5.41, 5.74) is 0.590. The van der Waals surface area contributed by atoms with Crippen LogP contribution in [0.1, 0.15) is 25.3 Å². The Morgan fingerprint density at radius 3 is 2.96 bits per heavy atom. The van der Waals surface area contributed by atoms with Crippen LogP contribution in [-0.4, -0.2) is 50.5 Å². The molecule has 1 aliphatic heterocycles. The lowest BCUT2D eigenvalue weighted by molar-refractivity contribution is 0.131. The lowest BCUT2D eigenvalue weighted by Crippen LogP contribution is -2.39. The van der Waals surface area contributed by atoms with Crippen LogP contribution in [0, 0.1) is 11.2 Å². The molecule has 0 bridgehead atoms. The molecular formula is C18H27BrFN3O2. The minimum Gasteiger partial charge on any atom is -0.396 e. The van der Waals surface area contributed by atoms with Crippen LogP contribution in [0.5, 0.6) is 0 Å². The molecule has 7 heteroatoms. The second-order valence-corrected chi connectivity index (χ2v) is 7.30. The number of nitrogens with one attached hydrogen (secondary N) is 2. The highest BCUT2D eigenvalue weighted by Crippen LogP contribution is 2.32. The molecule has 1 aliphatic rings. The smallest absolute Gasteiger partial charge is 0.191 e. The number of hydrogen-bond acceptors (Lipinski definition) is 3. The van der Waals surface area contributed by atoms with Crippen molar-refractivity contribution in [2.45, 2.75) is 26.2 Å². The molecule has 0 aliphatic carbocycles. The number of guanidine groups is 1. The first kappa shape index (κ1) is 20.1. The molecule has 1 atom stereocenters. The lowest BCUT2D eigenvalue weighted by Gasteiger charge is -2.24. The van der Waals surface area contributed by atoms with Crippen molar-refractivity contribution in [3.8, 4) is 0 Å². The summed E-state index contributed by atoms with van der Waals surface area (Å²) < 4.78 is 20.2. The number of hydrogen-bond donors (Lipinski definition) is 3. The first-order valence-corrected chi connectivity index (χ1v) is 9.52. The second-order valence-electron chi connectivity index (χ2n) is 6.38. The van der Waals surface area contributed by atoms with Gasteiger partial charge in [-0.2, -0.15) is 0 Å². The summed E-state index contributed by atoms with van der Waals surface area (Å²) in [4.78, 5) is 4.66. The van der Waals surface area contributed by atoms with E-state index in [1.54, 1.807) is 12.1 Å². The van der Waals surface area contributed by atoms with E-state index in [0.717, 1.165) is 24.0 Å². The third-order valence-corrected chi connectivity index (χ3v) is 4.93. The number of halogens is 2. The number of aliphatic imine (C=N–C) groups is 1. The molecule has 0 saturated carbocycles. The van der Waals surface area contributed by atoms with Gasteiger partial charge in [-0.15, -0.1) is 0 Å². The molecule has 0 radical (unpaired) electrons. The van der Waals surface area contributed by atoms with Gasteiger partial charge < -0.3 is 20.5 Å². The summed E-state index contributed by atoms with van der Waals surface area (Å²) in [6.45, 7) is 5.46. The molecule has 0 spiro atoms. The van der Waals surface area contributed by atoms with E-state index in [9.17, 15) is 9.50 Å². The molecule has 3 N–H and O–H groups in total. The van der Waals surface area contributed by atoms with Gasteiger partial charge in [-0.1, -0.05) is 15.9 Å². The zero-order chi connectivity index (χ0) is 18.1. The Hall–Kier alpha value is -1.18. The average Bonchev–Trinajstić information content (AvgIpc) is 3.05. The largest absolute Gasteiger partial charge is 0.396 e. The molecule has 0 aromatic heterocycles. The second kappa shape index (κ2) is 10.1. The Balaban J connectivity index is 1.92. The van der Waals surface area contributed by atoms with Crippen LogP contribution in [0.15, 0.2) is 27.7 Å². The van der Waals surface area contributed by atoms with E-state index in [1.807, 2.05) is 6.92 Å². The maximum Gasteiger partial charge on any atom is 0.191 e. The molecule has 1 heterocycles. The molecule has 5 nitrogen and oxygen atoms in total. The monoisotopic (exact) mass is 415 g/mol. The van der Waals surface area contributed by atoms with Crippen molar-refractivity contribution in [3.63, 3.8) is 0 Å². The fourth-order valence-electron chi connectivity index (χ4n) is 2.93. The van der Waals surface area contributed by atoms with Gasteiger partial charge in [0.05, 0.1) is 13.2 Å². The molecule has 25 heavy (non-hydrogen) atoms. The van der Waals surface area contributed by atoms with Crippen molar-refractivity contribution in [2.75, 3.05) is 39.5 Å². The lowest BCUT2D eigenvalue weighted by atomic mass is 9.84. The number of benzene rings is 1. The highest BCUT2D eigenvalue weighted by Gasteiger charge is 2.34. The third-order valence-electron chi connectivity index (χ3n) is 4.44. The van der Waals surface area contributed by atoms with Gasteiger partial charge in [-0.05, 0) is 49.9 Å². The standard InChI is InChI=1S/C18H27BrFN3O2/c1-2-21-17(23-12-18(6-9-24)7-10-25-13-18)22-8-5-14-11-15(19)3-4-16(14)20/h3-4,11,24H,2,5-10,12-13H2,1H3,(H2,21,22,23). The van der Waals surface area contributed by atoms with Crippen LogP contribution < -0.4 is 10.6 Å². The first-order valence-electron chi connectivity index (χ1n) is 8.73. The van der Waals surface area contributed by atoms with Gasteiger partial charge in [0.25, 0.3) is 0 Å². The van der Waals surface area contributed by atoms with Crippen molar-refractivity contribution < 1.29 is 14.2 Å². The van der Waals surface area contributed by atoms with E-state index in [-0.39, 0.29) is 17.8 Å². The summed E-state index contributed by atoms with van der Waals surface area (Å²) >= 11 is 3.37. The van der Waals surface area contributed by atoms with Crippen molar-refractivity contribution in [3.05, 3.63) is 34.1 Å². The van der Waals surface area contributed by atoms with Crippen LogP contribution in [0.4, 0.5) is 4.39 Å². The number of nitrogens with zero attached hydrogens (tertiary/aromatic N) is 1. The maximum absolute atomic E-state index is 13.8. The topological polar surface area (TPSA) is 65.9 Å². The Labute approximate surface area is 157 Å². The molecule has 1 unspecified atom stereocenters. The van der Waals surface area contributed by atoms with Gasteiger partial charge >= 0.3 is 0 Å². The van der Waals surface area contributed by atoms with Gasteiger partial charge in [-0.25, -0.2) is 4.39 Å². The molecule has 1 aromatic rings. The van der Waals surface area contributed by atoms with Crippen LogP contribution in [0.3, 0.4) is 0 Å². The zero-order valence-electron chi connectivity index (χ0n) is 14.7.